The Morgan fingerprint density at radius 2 is 2.05 bits per heavy atom. The van der Waals surface area contributed by atoms with Gasteiger partial charge in [-0.1, -0.05) is 6.07 Å². The molecule has 1 unspecified atom stereocenters. The largest absolute Gasteiger partial charge is 0.486 e. The zero-order valence-electron chi connectivity index (χ0n) is 10.8. The molecule has 1 saturated heterocycles. The summed E-state index contributed by atoms with van der Waals surface area (Å²) < 4.78 is 11.0. The van der Waals surface area contributed by atoms with E-state index in [-0.39, 0.29) is 11.9 Å². The van der Waals surface area contributed by atoms with Crippen molar-refractivity contribution in [1.29, 1.82) is 0 Å². The number of rotatable bonds is 3. The van der Waals surface area contributed by atoms with Crippen LogP contribution in [0.4, 0.5) is 0 Å². The minimum Gasteiger partial charge on any atom is -0.486 e. The van der Waals surface area contributed by atoms with Crippen LogP contribution in [0.2, 0.25) is 0 Å². The van der Waals surface area contributed by atoms with E-state index in [2.05, 4.69) is 0 Å². The van der Waals surface area contributed by atoms with Gasteiger partial charge in [0.25, 0.3) is 0 Å². The molecule has 1 atom stereocenters. The number of nitrogens with two attached hydrogens (primary N) is 1. The topological polar surface area (TPSA) is 64.8 Å². The van der Waals surface area contributed by atoms with Gasteiger partial charge in [0.1, 0.15) is 13.2 Å². The molecule has 1 aromatic carbocycles. The normalized spacial score (nSPS) is 19.6. The lowest BCUT2D eigenvalue weighted by atomic mass is 10.1. The van der Waals surface area contributed by atoms with Crippen LogP contribution in [0, 0.1) is 0 Å². The van der Waals surface area contributed by atoms with E-state index in [1.807, 2.05) is 23.1 Å². The van der Waals surface area contributed by atoms with E-state index in [0.29, 0.717) is 26.2 Å². The van der Waals surface area contributed by atoms with Gasteiger partial charge in [-0.3, -0.25) is 4.79 Å². The number of amides is 1. The Bertz CT molecular complexity index is 490. The molecule has 3 rings (SSSR count). The molecule has 1 fully saturated rings. The van der Waals surface area contributed by atoms with Crippen molar-refractivity contribution in [3.63, 3.8) is 0 Å². The summed E-state index contributed by atoms with van der Waals surface area (Å²) in [5, 5.41) is 0. The first kappa shape index (κ1) is 12.3. The second-order valence-electron chi connectivity index (χ2n) is 4.95. The van der Waals surface area contributed by atoms with Crippen molar-refractivity contribution in [2.75, 3.05) is 26.3 Å². The SMILES string of the molecule is NC(CN1CCCC1=O)c1ccc2c(c1)OCCO2. The van der Waals surface area contributed by atoms with Gasteiger partial charge in [0.15, 0.2) is 11.5 Å². The highest BCUT2D eigenvalue weighted by Gasteiger charge is 2.23. The molecule has 0 spiro atoms. The smallest absolute Gasteiger partial charge is 0.222 e. The standard InChI is InChI=1S/C14H18N2O3/c15-11(9-16-5-1-2-14(16)17)10-3-4-12-13(8-10)19-7-6-18-12/h3-4,8,11H,1-2,5-7,9,15H2. The van der Waals surface area contributed by atoms with Crippen LogP contribution in [-0.4, -0.2) is 37.1 Å². The van der Waals surface area contributed by atoms with Gasteiger partial charge in [0.05, 0.1) is 0 Å². The van der Waals surface area contributed by atoms with Gasteiger partial charge in [-0.15, -0.1) is 0 Å². The Hall–Kier alpha value is -1.75. The van der Waals surface area contributed by atoms with E-state index < -0.39 is 0 Å². The van der Waals surface area contributed by atoms with E-state index in [1.54, 1.807) is 0 Å². The molecule has 1 amide bonds. The number of ether oxygens (including phenoxy) is 2. The van der Waals surface area contributed by atoms with Crippen molar-refractivity contribution < 1.29 is 14.3 Å². The highest BCUT2D eigenvalue weighted by atomic mass is 16.6. The summed E-state index contributed by atoms with van der Waals surface area (Å²) in [5.41, 5.74) is 7.16. The predicted octanol–water partition coefficient (Wildman–Crippen LogP) is 1.08. The Kier molecular flexibility index (Phi) is 3.29. The maximum Gasteiger partial charge on any atom is 0.222 e. The molecule has 102 valence electrons. The van der Waals surface area contributed by atoms with Gasteiger partial charge in [0, 0.05) is 25.6 Å². The van der Waals surface area contributed by atoms with Crippen molar-refractivity contribution >= 4 is 5.91 Å². The fourth-order valence-corrected chi connectivity index (χ4v) is 2.53. The van der Waals surface area contributed by atoms with Gasteiger partial charge in [-0.05, 0) is 24.1 Å². The van der Waals surface area contributed by atoms with Gasteiger partial charge in [0.2, 0.25) is 5.91 Å². The molecular formula is C14H18N2O3. The molecule has 2 heterocycles. The van der Waals surface area contributed by atoms with Crippen LogP contribution in [0.5, 0.6) is 11.5 Å². The van der Waals surface area contributed by atoms with Crippen molar-refractivity contribution in [1.82, 2.24) is 4.90 Å². The lowest BCUT2D eigenvalue weighted by Crippen LogP contribution is -2.33. The minimum atomic E-state index is -0.183. The number of hydrogen-bond donors (Lipinski definition) is 1. The summed E-state index contributed by atoms with van der Waals surface area (Å²) >= 11 is 0. The Morgan fingerprint density at radius 1 is 1.26 bits per heavy atom. The molecule has 0 saturated carbocycles. The number of fused-ring (bicyclic) bond motifs is 1. The summed E-state index contributed by atoms with van der Waals surface area (Å²) in [6, 6.07) is 5.56. The van der Waals surface area contributed by atoms with E-state index in [4.69, 9.17) is 15.2 Å². The summed E-state index contributed by atoms with van der Waals surface area (Å²) in [6.07, 6.45) is 1.58. The molecule has 0 bridgehead atoms. The van der Waals surface area contributed by atoms with Gasteiger partial charge < -0.3 is 20.1 Å². The molecule has 19 heavy (non-hydrogen) atoms. The van der Waals surface area contributed by atoms with Crippen molar-refractivity contribution in [3.05, 3.63) is 23.8 Å². The average molecular weight is 262 g/mol. The highest BCUT2D eigenvalue weighted by Crippen LogP contribution is 2.32. The number of nitrogens with zero attached hydrogens (tertiary/aromatic N) is 1. The third-order valence-electron chi connectivity index (χ3n) is 3.58. The van der Waals surface area contributed by atoms with Crippen LogP contribution in [0.3, 0.4) is 0 Å². The number of benzene rings is 1. The number of carbonyl (C=O) groups is 1. The summed E-state index contributed by atoms with van der Waals surface area (Å²) in [5.74, 6) is 1.71. The van der Waals surface area contributed by atoms with Crippen molar-refractivity contribution in [3.8, 4) is 11.5 Å². The van der Waals surface area contributed by atoms with Gasteiger partial charge in [-0.2, -0.15) is 0 Å². The lowest BCUT2D eigenvalue weighted by Gasteiger charge is -2.23. The summed E-state index contributed by atoms with van der Waals surface area (Å²) in [6.45, 7) is 2.53. The lowest BCUT2D eigenvalue weighted by molar-refractivity contribution is -0.127. The Morgan fingerprint density at radius 3 is 2.79 bits per heavy atom. The monoisotopic (exact) mass is 262 g/mol. The van der Waals surface area contributed by atoms with E-state index in [0.717, 1.165) is 30.0 Å². The van der Waals surface area contributed by atoms with Crippen LogP contribution < -0.4 is 15.2 Å². The predicted molar refractivity (Wildman–Crippen MR) is 70.2 cm³/mol. The molecule has 2 aliphatic heterocycles. The zero-order chi connectivity index (χ0) is 13.2. The van der Waals surface area contributed by atoms with Crippen molar-refractivity contribution in [2.45, 2.75) is 18.9 Å². The molecule has 0 aromatic heterocycles. The number of likely N-dealkylation sites (tertiary alicyclic amines) is 1. The first-order valence-electron chi connectivity index (χ1n) is 6.67. The first-order chi connectivity index (χ1) is 9.24. The Balaban J connectivity index is 1.72. The molecular weight excluding hydrogens is 244 g/mol. The second-order valence-corrected chi connectivity index (χ2v) is 4.95. The maximum absolute atomic E-state index is 11.6. The fourth-order valence-electron chi connectivity index (χ4n) is 2.53. The van der Waals surface area contributed by atoms with E-state index >= 15 is 0 Å². The Labute approximate surface area is 112 Å². The molecule has 2 aliphatic rings. The average Bonchev–Trinajstić information content (AvgIpc) is 2.84. The van der Waals surface area contributed by atoms with Crippen LogP contribution in [0.15, 0.2) is 18.2 Å². The highest BCUT2D eigenvalue weighted by molar-refractivity contribution is 5.78. The first-order valence-corrected chi connectivity index (χ1v) is 6.67. The van der Waals surface area contributed by atoms with E-state index in [9.17, 15) is 4.79 Å². The van der Waals surface area contributed by atoms with Crippen LogP contribution in [0.25, 0.3) is 0 Å². The summed E-state index contributed by atoms with van der Waals surface area (Å²) in [7, 11) is 0. The van der Waals surface area contributed by atoms with Gasteiger partial charge >= 0.3 is 0 Å². The van der Waals surface area contributed by atoms with Crippen LogP contribution >= 0.6 is 0 Å². The molecule has 2 N–H and O–H groups in total. The maximum atomic E-state index is 11.6. The van der Waals surface area contributed by atoms with E-state index in [1.165, 1.54) is 0 Å². The zero-order valence-corrected chi connectivity index (χ0v) is 10.8. The quantitative estimate of drug-likeness (QED) is 0.885. The van der Waals surface area contributed by atoms with Crippen LogP contribution in [0.1, 0.15) is 24.4 Å². The molecule has 5 nitrogen and oxygen atoms in total. The number of carbonyl (C=O) groups excluding carboxylic acids is 1. The molecule has 0 aliphatic carbocycles. The van der Waals surface area contributed by atoms with Crippen molar-refractivity contribution in [2.24, 2.45) is 5.73 Å². The third kappa shape index (κ3) is 2.51. The van der Waals surface area contributed by atoms with Gasteiger partial charge in [-0.25, -0.2) is 0 Å². The summed E-state index contributed by atoms with van der Waals surface area (Å²) in [4.78, 5) is 13.4. The van der Waals surface area contributed by atoms with Crippen LogP contribution in [-0.2, 0) is 4.79 Å². The molecule has 5 heteroatoms. The minimum absolute atomic E-state index is 0.183. The second kappa shape index (κ2) is 5.09. The fraction of sp³-hybridized carbons (Fsp3) is 0.500. The number of hydrogen-bond acceptors (Lipinski definition) is 4. The third-order valence-corrected chi connectivity index (χ3v) is 3.58. The molecule has 0 radical (unpaired) electrons. The molecule has 1 aromatic rings.